The van der Waals surface area contributed by atoms with Crippen LogP contribution in [0.5, 0.6) is 17.2 Å². The van der Waals surface area contributed by atoms with Crippen LogP contribution in [0.3, 0.4) is 0 Å². The fourth-order valence-electron chi connectivity index (χ4n) is 5.61. The van der Waals surface area contributed by atoms with Crippen LogP contribution in [0, 0.1) is 0 Å². The Bertz CT molecular complexity index is 1710. The quantitative estimate of drug-likeness (QED) is 0.203. The lowest BCUT2D eigenvalue weighted by Gasteiger charge is -2.27. The molecule has 0 spiro atoms. The summed E-state index contributed by atoms with van der Waals surface area (Å²) in [6.45, 7) is 1.46. The molecule has 3 aromatic carbocycles. The van der Waals surface area contributed by atoms with Gasteiger partial charge in [0.2, 0.25) is 0 Å². The number of para-hydroxylation sites is 1. The zero-order valence-corrected chi connectivity index (χ0v) is 24.5. The van der Waals surface area contributed by atoms with Gasteiger partial charge in [0.05, 0.1) is 38.8 Å². The van der Waals surface area contributed by atoms with E-state index in [4.69, 9.17) is 23.9 Å². The van der Waals surface area contributed by atoms with E-state index in [1.807, 2.05) is 83.9 Å². The van der Waals surface area contributed by atoms with Crippen molar-refractivity contribution in [2.24, 2.45) is 0 Å². The lowest BCUT2D eigenvalue weighted by Crippen LogP contribution is -2.37. The van der Waals surface area contributed by atoms with Crippen molar-refractivity contribution in [3.63, 3.8) is 0 Å². The molecule has 9 heteroatoms. The fourth-order valence-corrected chi connectivity index (χ4v) is 5.61. The lowest BCUT2D eigenvalue weighted by atomic mass is 10.0. The molecule has 1 amide bonds. The summed E-state index contributed by atoms with van der Waals surface area (Å²) in [6, 6.07) is 22.9. The third-order valence-electron chi connectivity index (χ3n) is 7.77. The van der Waals surface area contributed by atoms with Crippen LogP contribution in [-0.4, -0.2) is 66.2 Å². The molecule has 2 aromatic heterocycles. The van der Waals surface area contributed by atoms with Crippen molar-refractivity contribution >= 4 is 16.8 Å². The molecule has 0 N–H and O–H groups in total. The number of hydrogen-bond acceptors (Lipinski definition) is 7. The number of carbonyl (C=O) groups excluding carboxylic acids is 1. The highest BCUT2D eigenvalue weighted by Crippen LogP contribution is 2.39. The van der Waals surface area contributed by atoms with Crippen molar-refractivity contribution in [1.82, 2.24) is 19.7 Å². The van der Waals surface area contributed by atoms with Crippen LogP contribution in [0.1, 0.15) is 28.8 Å². The molecular formula is C34H34N4O5. The van der Waals surface area contributed by atoms with E-state index >= 15 is 0 Å². The molecule has 0 aliphatic carbocycles. The Morgan fingerprint density at radius 1 is 0.953 bits per heavy atom. The van der Waals surface area contributed by atoms with Gasteiger partial charge in [-0.15, -0.1) is 0 Å². The Morgan fingerprint density at radius 3 is 2.42 bits per heavy atom. The number of pyridine rings is 1. The fraction of sp³-hybridized carbons (Fsp3) is 0.265. The number of ether oxygens (including phenoxy) is 4. The molecule has 1 fully saturated rings. The smallest absolute Gasteiger partial charge is 0.254 e. The highest BCUT2D eigenvalue weighted by Gasteiger charge is 2.26. The second-order valence-corrected chi connectivity index (χ2v) is 10.4. The van der Waals surface area contributed by atoms with Crippen LogP contribution >= 0.6 is 0 Å². The first-order valence-corrected chi connectivity index (χ1v) is 14.3. The first-order chi connectivity index (χ1) is 21.1. The molecule has 1 atom stereocenters. The van der Waals surface area contributed by atoms with Crippen molar-refractivity contribution in [3.05, 3.63) is 96.3 Å². The molecule has 3 heterocycles. The zero-order chi connectivity index (χ0) is 29.8. The van der Waals surface area contributed by atoms with Crippen LogP contribution in [0.4, 0.5) is 0 Å². The van der Waals surface area contributed by atoms with Gasteiger partial charge in [-0.2, -0.15) is 5.10 Å². The van der Waals surface area contributed by atoms with Gasteiger partial charge in [0, 0.05) is 48.6 Å². The zero-order valence-electron chi connectivity index (χ0n) is 24.5. The summed E-state index contributed by atoms with van der Waals surface area (Å²) >= 11 is 0. The monoisotopic (exact) mass is 578 g/mol. The Morgan fingerprint density at radius 2 is 1.72 bits per heavy atom. The number of nitrogens with zero attached hydrogens (tertiary/aromatic N) is 4. The Labute approximate surface area is 250 Å². The number of amides is 1. The summed E-state index contributed by atoms with van der Waals surface area (Å²) in [5.74, 6) is 1.89. The Hall–Kier alpha value is -4.89. The number of rotatable bonds is 10. The van der Waals surface area contributed by atoms with Gasteiger partial charge in [0.25, 0.3) is 5.91 Å². The average Bonchev–Trinajstić information content (AvgIpc) is 3.79. The molecule has 220 valence electrons. The number of benzene rings is 3. The van der Waals surface area contributed by atoms with E-state index in [2.05, 4.69) is 5.10 Å². The Kier molecular flexibility index (Phi) is 8.24. The summed E-state index contributed by atoms with van der Waals surface area (Å²) < 4.78 is 24.9. The topological polar surface area (TPSA) is 87.9 Å². The van der Waals surface area contributed by atoms with Crippen molar-refractivity contribution in [3.8, 4) is 34.2 Å². The molecule has 5 aromatic rings. The molecule has 6 rings (SSSR count). The third-order valence-corrected chi connectivity index (χ3v) is 7.77. The highest BCUT2D eigenvalue weighted by atomic mass is 16.5. The van der Waals surface area contributed by atoms with Crippen LogP contribution < -0.4 is 14.2 Å². The average molecular weight is 579 g/mol. The van der Waals surface area contributed by atoms with Gasteiger partial charge >= 0.3 is 0 Å². The van der Waals surface area contributed by atoms with Crippen molar-refractivity contribution in [2.45, 2.75) is 25.5 Å². The summed E-state index contributed by atoms with van der Waals surface area (Å²) in [6.07, 6.45) is 5.44. The van der Waals surface area contributed by atoms with Crippen LogP contribution in [0.25, 0.3) is 27.8 Å². The van der Waals surface area contributed by atoms with Crippen molar-refractivity contribution in [1.29, 1.82) is 0 Å². The van der Waals surface area contributed by atoms with Crippen LogP contribution in [-0.2, 0) is 11.3 Å². The maximum absolute atomic E-state index is 14.2. The van der Waals surface area contributed by atoms with Gasteiger partial charge in [-0.1, -0.05) is 12.1 Å². The molecule has 0 radical (unpaired) electrons. The molecule has 43 heavy (non-hydrogen) atoms. The second-order valence-electron chi connectivity index (χ2n) is 10.4. The molecule has 1 aliphatic rings. The van der Waals surface area contributed by atoms with Gasteiger partial charge in [-0.25, -0.2) is 9.67 Å². The van der Waals surface area contributed by atoms with E-state index in [0.29, 0.717) is 53.7 Å². The van der Waals surface area contributed by atoms with Gasteiger partial charge < -0.3 is 23.8 Å². The van der Waals surface area contributed by atoms with Crippen LogP contribution in [0.2, 0.25) is 0 Å². The van der Waals surface area contributed by atoms with Crippen molar-refractivity contribution < 1.29 is 23.7 Å². The third kappa shape index (κ3) is 5.76. The van der Waals surface area contributed by atoms with E-state index in [1.165, 1.54) is 0 Å². The minimum absolute atomic E-state index is 0.0370. The molecule has 0 saturated carbocycles. The first kappa shape index (κ1) is 28.2. The number of methoxy groups -OCH3 is 3. The Balaban J connectivity index is 1.46. The van der Waals surface area contributed by atoms with E-state index in [-0.39, 0.29) is 12.0 Å². The predicted molar refractivity (Wildman–Crippen MR) is 164 cm³/mol. The number of hydrogen-bond donors (Lipinski definition) is 0. The van der Waals surface area contributed by atoms with Crippen LogP contribution in [0.15, 0.2) is 85.2 Å². The standard InChI is InChI=1S/C34H34N4O5/c1-40-29-10-5-4-9-27(29)32-24(20-28-30(41-2)15-16-31(42-3)33(28)36-32)21-37(22-26-8-6-19-43-26)34(39)23-11-13-25(14-12-23)38-18-7-17-35-38/h4-5,7,9-18,20,26H,6,8,19,21-22H2,1-3H3/t26-/m0/s1. The van der Waals surface area contributed by atoms with Gasteiger partial charge in [-0.3, -0.25) is 4.79 Å². The SMILES string of the molecule is COc1ccccc1-c1nc2c(OC)ccc(OC)c2cc1CN(C[C@@H]1CCCO1)C(=O)c1ccc(-n2cccn2)cc1. The van der Waals surface area contributed by atoms with Gasteiger partial charge in [0.1, 0.15) is 22.8 Å². The molecule has 9 nitrogen and oxygen atoms in total. The molecule has 1 aliphatic heterocycles. The summed E-state index contributed by atoms with van der Waals surface area (Å²) in [5, 5.41) is 5.09. The number of aromatic nitrogens is 3. The molecule has 0 bridgehead atoms. The minimum atomic E-state index is -0.0915. The molecule has 0 unspecified atom stereocenters. The van der Waals surface area contributed by atoms with Crippen molar-refractivity contribution in [2.75, 3.05) is 34.5 Å². The van der Waals surface area contributed by atoms with E-state index in [9.17, 15) is 4.79 Å². The lowest BCUT2D eigenvalue weighted by molar-refractivity contribution is 0.0507. The number of carbonyl (C=O) groups is 1. The second kappa shape index (κ2) is 12.5. The highest BCUT2D eigenvalue weighted by molar-refractivity contribution is 5.96. The first-order valence-electron chi connectivity index (χ1n) is 14.3. The molecular weight excluding hydrogens is 544 g/mol. The van der Waals surface area contributed by atoms with E-state index in [1.54, 1.807) is 32.2 Å². The summed E-state index contributed by atoms with van der Waals surface area (Å²) in [4.78, 5) is 21.1. The minimum Gasteiger partial charge on any atom is -0.496 e. The summed E-state index contributed by atoms with van der Waals surface area (Å²) in [7, 11) is 4.90. The van der Waals surface area contributed by atoms with Gasteiger partial charge in [-0.05, 0) is 79.1 Å². The van der Waals surface area contributed by atoms with E-state index < -0.39 is 0 Å². The normalized spacial score (nSPS) is 14.5. The van der Waals surface area contributed by atoms with E-state index in [0.717, 1.165) is 35.0 Å². The summed E-state index contributed by atoms with van der Waals surface area (Å²) in [5.41, 5.74) is 4.50. The number of fused-ring (bicyclic) bond motifs is 1. The largest absolute Gasteiger partial charge is 0.496 e. The maximum Gasteiger partial charge on any atom is 0.254 e. The van der Waals surface area contributed by atoms with Gasteiger partial charge in [0.15, 0.2) is 0 Å². The molecule has 1 saturated heterocycles. The predicted octanol–water partition coefficient (Wildman–Crippen LogP) is 5.93. The maximum atomic E-state index is 14.2.